The van der Waals surface area contributed by atoms with Crippen molar-refractivity contribution < 1.29 is 9.59 Å². The second-order valence-corrected chi connectivity index (χ2v) is 5.13. The van der Waals surface area contributed by atoms with Gasteiger partial charge in [0, 0.05) is 40.0 Å². The fraction of sp³-hybridized carbons (Fsp3) is 0.600. The van der Waals surface area contributed by atoms with Gasteiger partial charge in [-0.1, -0.05) is 19.4 Å². The Morgan fingerprint density at radius 3 is 1.81 bits per heavy atom. The van der Waals surface area contributed by atoms with Gasteiger partial charge in [0.2, 0.25) is 5.91 Å². The van der Waals surface area contributed by atoms with Gasteiger partial charge in [0.25, 0.3) is 5.91 Å². The summed E-state index contributed by atoms with van der Waals surface area (Å²) in [5.74, 6) is -0.722. The molecule has 0 bridgehead atoms. The lowest BCUT2D eigenvalue weighted by molar-refractivity contribution is -0.116. The van der Waals surface area contributed by atoms with Gasteiger partial charge in [-0.25, -0.2) is 0 Å². The first kappa shape index (κ1) is 21.3. The van der Waals surface area contributed by atoms with Crippen molar-refractivity contribution in [3.05, 3.63) is 23.5 Å². The summed E-state index contributed by atoms with van der Waals surface area (Å²) in [5.41, 5.74) is 11.3. The fourth-order valence-corrected chi connectivity index (χ4v) is 1.40. The number of nitrogens with two attached hydrogens (primary N) is 2. The lowest BCUT2D eigenvalue weighted by atomic mass is 10.2. The van der Waals surface area contributed by atoms with Crippen LogP contribution in [0.3, 0.4) is 0 Å². The van der Waals surface area contributed by atoms with Crippen LogP contribution >= 0.6 is 0 Å². The van der Waals surface area contributed by atoms with Crippen molar-refractivity contribution >= 4 is 11.8 Å². The summed E-state index contributed by atoms with van der Waals surface area (Å²) in [6.07, 6.45) is 6.74. The number of amides is 2. The Bertz CT molecular complexity index is 385. The summed E-state index contributed by atoms with van der Waals surface area (Å²) >= 11 is 0. The maximum atomic E-state index is 10.8. The van der Waals surface area contributed by atoms with E-state index in [0.29, 0.717) is 11.3 Å². The third kappa shape index (κ3) is 12.8. The lowest BCUT2D eigenvalue weighted by Crippen LogP contribution is -2.25. The SMILES string of the molecule is C/C(=C\N(C)C)C(N)=O.CCCC/C=C(\C(N)=O)N(C)C. The molecule has 0 aromatic rings. The van der Waals surface area contributed by atoms with E-state index in [9.17, 15) is 9.59 Å². The molecule has 0 aliphatic carbocycles. The molecule has 0 radical (unpaired) electrons. The van der Waals surface area contributed by atoms with Crippen LogP contribution in [0, 0.1) is 0 Å². The van der Waals surface area contributed by atoms with Crippen LogP contribution in [-0.2, 0) is 9.59 Å². The maximum absolute atomic E-state index is 10.8. The van der Waals surface area contributed by atoms with Gasteiger partial charge in [-0.2, -0.15) is 0 Å². The number of primary amides is 2. The summed E-state index contributed by atoms with van der Waals surface area (Å²) in [7, 11) is 7.32. The van der Waals surface area contributed by atoms with Gasteiger partial charge in [0.1, 0.15) is 0 Å². The predicted octanol–water partition coefficient (Wildman–Crippen LogP) is 1.04. The van der Waals surface area contributed by atoms with Crippen LogP contribution in [0.2, 0.25) is 0 Å². The molecule has 0 rings (SSSR count). The molecule has 0 fully saturated rings. The third-order valence-corrected chi connectivity index (χ3v) is 2.47. The van der Waals surface area contributed by atoms with Crippen LogP contribution in [0.4, 0.5) is 0 Å². The lowest BCUT2D eigenvalue weighted by Gasteiger charge is -2.13. The minimum Gasteiger partial charge on any atom is -0.383 e. The number of hydrogen-bond donors (Lipinski definition) is 2. The number of hydrogen-bond acceptors (Lipinski definition) is 4. The molecule has 0 spiro atoms. The average molecular weight is 298 g/mol. The van der Waals surface area contributed by atoms with Gasteiger partial charge in [-0.05, 0) is 19.8 Å². The van der Waals surface area contributed by atoms with Crippen LogP contribution in [0.15, 0.2) is 23.5 Å². The van der Waals surface area contributed by atoms with Crippen LogP contribution in [0.5, 0.6) is 0 Å². The highest BCUT2D eigenvalue weighted by Gasteiger charge is 2.04. The summed E-state index contributed by atoms with van der Waals surface area (Å²) in [4.78, 5) is 24.7. The fourth-order valence-electron chi connectivity index (χ4n) is 1.40. The van der Waals surface area contributed by atoms with Crippen molar-refractivity contribution in [2.45, 2.75) is 33.1 Å². The molecule has 0 aliphatic rings. The topological polar surface area (TPSA) is 92.7 Å². The van der Waals surface area contributed by atoms with E-state index in [1.165, 1.54) is 0 Å². The highest BCUT2D eigenvalue weighted by Crippen LogP contribution is 2.02. The van der Waals surface area contributed by atoms with Crippen molar-refractivity contribution in [1.82, 2.24) is 9.80 Å². The molecule has 0 saturated heterocycles. The molecule has 6 heteroatoms. The summed E-state index contributed by atoms with van der Waals surface area (Å²) < 4.78 is 0. The van der Waals surface area contributed by atoms with E-state index in [4.69, 9.17) is 11.5 Å². The molecule has 4 N–H and O–H groups in total. The zero-order chi connectivity index (χ0) is 17.0. The normalized spacial score (nSPS) is 11.3. The van der Waals surface area contributed by atoms with Crippen molar-refractivity contribution in [3.8, 4) is 0 Å². The van der Waals surface area contributed by atoms with Crippen molar-refractivity contribution in [2.75, 3.05) is 28.2 Å². The van der Waals surface area contributed by atoms with E-state index in [1.807, 2.05) is 34.3 Å². The Hall–Kier alpha value is -1.98. The Kier molecular flexibility index (Phi) is 12.0. The van der Waals surface area contributed by atoms with Crippen LogP contribution in [0.1, 0.15) is 33.1 Å². The van der Waals surface area contributed by atoms with Crippen LogP contribution < -0.4 is 11.5 Å². The van der Waals surface area contributed by atoms with E-state index >= 15 is 0 Å². The molecule has 0 aromatic heterocycles. The first-order chi connectivity index (χ1) is 9.63. The molecule has 0 unspecified atom stereocenters. The monoisotopic (exact) mass is 298 g/mol. The number of likely N-dealkylation sites (N-methyl/N-ethyl adjacent to an activating group) is 1. The minimum absolute atomic E-state index is 0.351. The molecular formula is C15H30N4O2. The highest BCUT2D eigenvalue weighted by atomic mass is 16.1. The first-order valence-electron chi connectivity index (χ1n) is 6.95. The number of carbonyl (C=O) groups is 2. The van der Waals surface area contributed by atoms with Gasteiger partial charge in [-0.15, -0.1) is 0 Å². The van der Waals surface area contributed by atoms with E-state index < -0.39 is 0 Å². The summed E-state index contributed by atoms with van der Waals surface area (Å²) in [6, 6.07) is 0. The molecule has 2 amide bonds. The minimum atomic E-state index is -0.372. The Morgan fingerprint density at radius 1 is 1.05 bits per heavy atom. The molecule has 122 valence electrons. The average Bonchev–Trinajstić information content (AvgIpc) is 2.33. The van der Waals surface area contributed by atoms with Gasteiger partial charge >= 0.3 is 0 Å². The first-order valence-corrected chi connectivity index (χ1v) is 6.95. The summed E-state index contributed by atoms with van der Waals surface area (Å²) in [6.45, 7) is 3.80. The number of unbranched alkanes of at least 4 members (excludes halogenated alkanes) is 2. The third-order valence-electron chi connectivity index (χ3n) is 2.47. The predicted molar refractivity (Wildman–Crippen MR) is 87.1 cm³/mol. The molecule has 0 aliphatic heterocycles. The summed E-state index contributed by atoms with van der Waals surface area (Å²) in [5, 5.41) is 0. The molecular weight excluding hydrogens is 268 g/mol. The Labute approximate surface area is 128 Å². The van der Waals surface area contributed by atoms with E-state index in [2.05, 4.69) is 6.92 Å². The molecule has 21 heavy (non-hydrogen) atoms. The molecule has 0 aromatic carbocycles. The van der Waals surface area contributed by atoms with Gasteiger partial charge in [-0.3, -0.25) is 9.59 Å². The van der Waals surface area contributed by atoms with Crippen molar-refractivity contribution in [2.24, 2.45) is 11.5 Å². The standard InChI is InChI=1S/C9H18N2O.C6H12N2O/c1-4-5-6-7-8(9(10)12)11(2)3;1-5(6(7)9)4-8(2)3/h7H,4-6H2,1-3H3,(H2,10,12);4H,1-3H3,(H2,7,9)/b8-7+;5-4+. The van der Waals surface area contributed by atoms with E-state index in [1.54, 1.807) is 22.9 Å². The second-order valence-electron chi connectivity index (χ2n) is 5.13. The zero-order valence-corrected chi connectivity index (χ0v) is 14.1. The Balaban J connectivity index is 0. The van der Waals surface area contributed by atoms with Crippen molar-refractivity contribution in [1.29, 1.82) is 0 Å². The van der Waals surface area contributed by atoms with Gasteiger partial charge in [0.05, 0.1) is 5.70 Å². The second kappa shape index (κ2) is 11.8. The number of allylic oxidation sites excluding steroid dienone is 1. The van der Waals surface area contributed by atoms with E-state index in [0.717, 1.165) is 19.3 Å². The quantitative estimate of drug-likeness (QED) is 0.542. The molecule has 0 atom stereocenters. The van der Waals surface area contributed by atoms with Crippen LogP contribution in [0.25, 0.3) is 0 Å². The smallest absolute Gasteiger partial charge is 0.264 e. The maximum Gasteiger partial charge on any atom is 0.264 e. The van der Waals surface area contributed by atoms with Crippen molar-refractivity contribution in [3.63, 3.8) is 0 Å². The van der Waals surface area contributed by atoms with Gasteiger partial charge < -0.3 is 21.3 Å². The Morgan fingerprint density at radius 2 is 1.57 bits per heavy atom. The van der Waals surface area contributed by atoms with Gasteiger partial charge in [0.15, 0.2) is 0 Å². The number of rotatable bonds is 7. The molecule has 6 nitrogen and oxygen atoms in total. The highest BCUT2D eigenvalue weighted by molar-refractivity contribution is 5.91. The zero-order valence-electron chi connectivity index (χ0n) is 14.1. The largest absolute Gasteiger partial charge is 0.383 e. The molecule has 0 saturated carbocycles. The number of carbonyl (C=O) groups excluding carboxylic acids is 2. The van der Waals surface area contributed by atoms with Crippen LogP contribution in [-0.4, -0.2) is 49.8 Å². The molecule has 0 heterocycles. The number of nitrogens with zero attached hydrogens (tertiary/aromatic N) is 2. The van der Waals surface area contributed by atoms with E-state index in [-0.39, 0.29) is 11.8 Å².